The minimum atomic E-state index is -0.322. The molecule has 5 heterocycles. The number of carbonyl (C=O) groups excluding carboxylic acids is 1. The molecule has 0 atom stereocenters. The van der Waals surface area contributed by atoms with Crippen molar-refractivity contribution in [2.24, 2.45) is 0 Å². The van der Waals surface area contributed by atoms with Crippen LogP contribution < -0.4 is 5.32 Å². The Bertz CT molecular complexity index is 1130. The summed E-state index contributed by atoms with van der Waals surface area (Å²) in [7, 11) is 0. The Labute approximate surface area is 165 Å². The second kappa shape index (κ2) is 7.28. The molecule has 1 saturated heterocycles. The van der Waals surface area contributed by atoms with Crippen LogP contribution >= 0.6 is 0 Å². The third-order valence-corrected chi connectivity index (χ3v) is 4.66. The van der Waals surface area contributed by atoms with Crippen molar-refractivity contribution in [3.05, 3.63) is 66.9 Å². The molecule has 0 aliphatic carbocycles. The molecule has 4 aromatic heterocycles. The van der Waals surface area contributed by atoms with Crippen molar-refractivity contribution in [3.63, 3.8) is 0 Å². The quantitative estimate of drug-likeness (QED) is 0.544. The maximum atomic E-state index is 12.9. The molecule has 9 nitrogen and oxygen atoms in total. The Kier molecular flexibility index (Phi) is 4.34. The van der Waals surface area contributed by atoms with E-state index in [-0.39, 0.29) is 11.9 Å². The molecule has 1 aliphatic rings. The van der Waals surface area contributed by atoms with Crippen LogP contribution in [0.25, 0.3) is 22.6 Å². The molecule has 29 heavy (non-hydrogen) atoms. The van der Waals surface area contributed by atoms with Gasteiger partial charge in [0.2, 0.25) is 0 Å². The number of pyridine rings is 2. The summed E-state index contributed by atoms with van der Waals surface area (Å²) >= 11 is 0. The molecule has 5 rings (SSSR count). The summed E-state index contributed by atoms with van der Waals surface area (Å²) in [4.78, 5) is 21.7. The number of H-pyrrole nitrogens is 1. The number of aromatic amines is 1. The van der Waals surface area contributed by atoms with Crippen LogP contribution in [0.2, 0.25) is 0 Å². The molecule has 2 N–H and O–H groups in total. The lowest BCUT2D eigenvalue weighted by molar-refractivity contribution is -0.0285. The SMILES string of the molecule is O=C(Nc1cn(C2COC2)nc1-c1ccccn1)c1cccc(-c2cn[nH]c2)n1. The van der Waals surface area contributed by atoms with Crippen molar-refractivity contribution in [1.82, 2.24) is 29.9 Å². The van der Waals surface area contributed by atoms with Crippen LogP contribution in [-0.4, -0.2) is 49.1 Å². The number of carbonyl (C=O) groups is 1. The van der Waals surface area contributed by atoms with Crippen molar-refractivity contribution in [3.8, 4) is 22.6 Å². The van der Waals surface area contributed by atoms with E-state index < -0.39 is 0 Å². The van der Waals surface area contributed by atoms with E-state index in [0.29, 0.717) is 41.7 Å². The van der Waals surface area contributed by atoms with E-state index in [9.17, 15) is 4.79 Å². The lowest BCUT2D eigenvalue weighted by Crippen LogP contribution is -2.30. The lowest BCUT2D eigenvalue weighted by Gasteiger charge is -2.25. The summed E-state index contributed by atoms with van der Waals surface area (Å²) in [5.74, 6) is -0.322. The highest BCUT2D eigenvalue weighted by Gasteiger charge is 2.25. The number of nitrogens with one attached hydrogen (secondary N) is 2. The van der Waals surface area contributed by atoms with Crippen LogP contribution in [0, 0.1) is 0 Å². The van der Waals surface area contributed by atoms with Crippen LogP contribution in [0.5, 0.6) is 0 Å². The van der Waals surface area contributed by atoms with Crippen LogP contribution in [0.3, 0.4) is 0 Å². The summed E-state index contributed by atoms with van der Waals surface area (Å²) in [6.45, 7) is 1.20. The standard InChI is InChI=1S/C20H17N7O2/c28-20(17-6-3-5-15(24-17)13-8-22-23-9-13)25-18-10-27(14-11-29-12-14)26-19(18)16-4-1-2-7-21-16/h1-10,14H,11-12H2,(H,22,23)(H,25,28). The molecule has 1 fully saturated rings. The highest BCUT2D eigenvalue weighted by Crippen LogP contribution is 2.28. The van der Waals surface area contributed by atoms with E-state index in [4.69, 9.17) is 4.74 Å². The van der Waals surface area contributed by atoms with Crippen molar-refractivity contribution in [2.45, 2.75) is 6.04 Å². The molecular weight excluding hydrogens is 370 g/mol. The third kappa shape index (κ3) is 3.39. The maximum Gasteiger partial charge on any atom is 0.274 e. The molecule has 0 radical (unpaired) electrons. The number of hydrogen-bond donors (Lipinski definition) is 2. The topological polar surface area (TPSA) is 111 Å². The van der Waals surface area contributed by atoms with Gasteiger partial charge in [0.25, 0.3) is 5.91 Å². The van der Waals surface area contributed by atoms with Gasteiger partial charge < -0.3 is 10.1 Å². The van der Waals surface area contributed by atoms with Crippen LogP contribution in [0.1, 0.15) is 16.5 Å². The number of amides is 1. The number of nitrogens with zero attached hydrogens (tertiary/aromatic N) is 5. The average Bonchev–Trinajstić information content (AvgIpc) is 3.38. The summed E-state index contributed by atoms with van der Waals surface area (Å²) in [5, 5.41) is 14.2. The third-order valence-electron chi connectivity index (χ3n) is 4.66. The van der Waals surface area contributed by atoms with Gasteiger partial charge in [-0.05, 0) is 24.3 Å². The summed E-state index contributed by atoms with van der Waals surface area (Å²) in [6, 6.07) is 11.0. The first kappa shape index (κ1) is 17.3. The zero-order valence-corrected chi connectivity index (χ0v) is 15.3. The van der Waals surface area contributed by atoms with Gasteiger partial charge in [0.15, 0.2) is 0 Å². The number of rotatable bonds is 5. The van der Waals surface area contributed by atoms with E-state index in [0.717, 1.165) is 5.56 Å². The van der Waals surface area contributed by atoms with Gasteiger partial charge in [0, 0.05) is 24.2 Å². The minimum Gasteiger partial charge on any atom is -0.377 e. The molecule has 144 valence electrons. The van der Waals surface area contributed by atoms with E-state index >= 15 is 0 Å². The fourth-order valence-electron chi connectivity index (χ4n) is 3.04. The summed E-state index contributed by atoms with van der Waals surface area (Å²) < 4.78 is 7.08. The van der Waals surface area contributed by atoms with Gasteiger partial charge in [-0.1, -0.05) is 12.1 Å². The number of anilines is 1. The first-order valence-electron chi connectivity index (χ1n) is 9.14. The molecule has 1 amide bonds. The van der Waals surface area contributed by atoms with Crippen LogP contribution in [0.4, 0.5) is 5.69 Å². The van der Waals surface area contributed by atoms with E-state index in [2.05, 4.69) is 30.6 Å². The normalized spacial score (nSPS) is 13.8. The fourth-order valence-corrected chi connectivity index (χ4v) is 3.04. The Morgan fingerprint density at radius 2 is 2.07 bits per heavy atom. The first-order chi connectivity index (χ1) is 14.3. The Morgan fingerprint density at radius 1 is 1.17 bits per heavy atom. The highest BCUT2D eigenvalue weighted by molar-refractivity contribution is 6.04. The number of ether oxygens (including phenoxy) is 1. The summed E-state index contributed by atoms with van der Waals surface area (Å²) in [5.41, 5.74) is 3.65. The number of aromatic nitrogens is 6. The molecular formula is C20H17N7O2. The van der Waals surface area contributed by atoms with Crippen LogP contribution in [-0.2, 0) is 4.74 Å². The first-order valence-corrected chi connectivity index (χ1v) is 9.14. The van der Waals surface area contributed by atoms with Crippen molar-refractivity contribution < 1.29 is 9.53 Å². The monoisotopic (exact) mass is 387 g/mol. The lowest BCUT2D eigenvalue weighted by atomic mass is 10.2. The van der Waals surface area contributed by atoms with Gasteiger partial charge in [-0.15, -0.1) is 0 Å². The zero-order chi connectivity index (χ0) is 19.6. The van der Waals surface area contributed by atoms with Gasteiger partial charge in [-0.2, -0.15) is 10.2 Å². The van der Waals surface area contributed by atoms with E-state index in [1.54, 1.807) is 30.7 Å². The van der Waals surface area contributed by atoms with E-state index in [1.165, 1.54) is 0 Å². The largest absolute Gasteiger partial charge is 0.377 e. The van der Waals surface area contributed by atoms with Gasteiger partial charge in [-0.25, -0.2) is 4.98 Å². The van der Waals surface area contributed by atoms with Crippen LogP contribution in [0.15, 0.2) is 61.2 Å². The molecule has 1 aliphatic heterocycles. The molecule has 9 heteroatoms. The Morgan fingerprint density at radius 3 is 2.79 bits per heavy atom. The molecule has 0 aromatic carbocycles. The highest BCUT2D eigenvalue weighted by atomic mass is 16.5. The molecule has 0 bridgehead atoms. The number of hydrogen-bond acceptors (Lipinski definition) is 6. The van der Waals surface area contributed by atoms with E-state index in [1.807, 2.05) is 35.1 Å². The fraction of sp³-hybridized carbons (Fsp3) is 0.150. The summed E-state index contributed by atoms with van der Waals surface area (Å²) in [6.07, 6.45) is 6.90. The predicted octanol–water partition coefficient (Wildman–Crippen LogP) is 2.55. The molecule has 0 saturated carbocycles. The maximum absolute atomic E-state index is 12.9. The Balaban J connectivity index is 1.46. The Hall–Kier alpha value is -3.85. The smallest absolute Gasteiger partial charge is 0.274 e. The minimum absolute atomic E-state index is 0.158. The van der Waals surface area contributed by atoms with Gasteiger partial charge >= 0.3 is 0 Å². The van der Waals surface area contributed by atoms with Crippen molar-refractivity contribution in [2.75, 3.05) is 18.5 Å². The second-order valence-electron chi connectivity index (χ2n) is 6.63. The molecule has 0 unspecified atom stereocenters. The predicted molar refractivity (Wildman–Crippen MR) is 105 cm³/mol. The van der Waals surface area contributed by atoms with Gasteiger partial charge in [-0.3, -0.25) is 19.6 Å². The second-order valence-corrected chi connectivity index (χ2v) is 6.63. The van der Waals surface area contributed by atoms with Crippen molar-refractivity contribution in [1.29, 1.82) is 0 Å². The van der Waals surface area contributed by atoms with Crippen molar-refractivity contribution >= 4 is 11.6 Å². The molecule has 0 spiro atoms. The van der Waals surface area contributed by atoms with Gasteiger partial charge in [0.05, 0.1) is 42.5 Å². The van der Waals surface area contributed by atoms with Gasteiger partial charge in [0.1, 0.15) is 11.4 Å². The average molecular weight is 387 g/mol. The zero-order valence-electron chi connectivity index (χ0n) is 15.3. The molecule has 4 aromatic rings.